The van der Waals surface area contributed by atoms with Crippen LogP contribution in [-0.2, 0) is 9.09 Å². The zero-order chi connectivity index (χ0) is 21.4. The second-order valence-corrected chi connectivity index (χ2v) is 11.0. The number of phosphoric acid groups is 1. The lowest BCUT2D eigenvalue weighted by Gasteiger charge is -2.37. The van der Waals surface area contributed by atoms with Gasteiger partial charge in [0.05, 0.1) is 5.60 Å². The average molecular weight is 433 g/mol. The Morgan fingerprint density at radius 2 is 1.14 bits per heavy atom. The third-order valence-electron chi connectivity index (χ3n) is 6.49. The molecular weight excluding hydrogens is 383 g/mol. The molecule has 174 valence electrons. The number of phosphoric ester groups is 1. The predicted molar refractivity (Wildman–Crippen MR) is 123 cm³/mol. The first kappa shape index (κ1) is 27.1. The molecule has 0 unspecified atom stereocenters. The molecule has 0 saturated heterocycles. The largest absolute Gasteiger partial charge is 0.470 e. The first-order valence-corrected chi connectivity index (χ1v) is 14.1. The van der Waals surface area contributed by atoms with Gasteiger partial charge in [0.25, 0.3) is 0 Å². The van der Waals surface area contributed by atoms with Crippen LogP contribution in [-0.4, -0.2) is 15.4 Å². The molecule has 29 heavy (non-hydrogen) atoms. The molecule has 5 heteroatoms. The van der Waals surface area contributed by atoms with Crippen molar-refractivity contribution in [2.45, 2.75) is 148 Å². The lowest BCUT2D eigenvalue weighted by Crippen LogP contribution is -2.34. The van der Waals surface area contributed by atoms with Crippen LogP contribution in [0, 0.1) is 5.92 Å². The van der Waals surface area contributed by atoms with E-state index in [2.05, 4.69) is 13.8 Å². The molecule has 1 fully saturated rings. The molecule has 0 bridgehead atoms. The van der Waals surface area contributed by atoms with Crippen molar-refractivity contribution in [3.8, 4) is 0 Å². The fourth-order valence-corrected chi connectivity index (χ4v) is 5.56. The van der Waals surface area contributed by atoms with Gasteiger partial charge in [0, 0.05) is 0 Å². The van der Waals surface area contributed by atoms with Crippen LogP contribution in [0.15, 0.2) is 0 Å². The minimum Gasteiger partial charge on any atom is -0.303 e. The maximum atomic E-state index is 11.3. The Labute approximate surface area is 180 Å². The summed E-state index contributed by atoms with van der Waals surface area (Å²) in [7, 11) is -4.39. The van der Waals surface area contributed by atoms with Crippen molar-refractivity contribution in [3.05, 3.63) is 0 Å². The molecule has 0 aromatic rings. The van der Waals surface area contributed by atoms with Gasteiger partial charge in [-0.2, -0.15) is 0 Å². The SMILES string of the molecule is CC(C)CCCCCCCCCCCCCCCC1(OP(=O)(O)O)CCCCC1. The van der Waals surface area contributed by atoms with Crippen LogP contribution in [0.3, 0.4) is 0 Å². The summed E-state index contributed by atoms with van der Waals surface area (Å²) in [5.41, 5.74) is -0.563. The van der Waals surface area contributed by atoms with Gasteiger partial charge in [-0.15, -0.1) is 0 Å². The molecule has 1 saturated carbocycles. The quantitative estimate of drug-likeness (QED) is 0.169. The normalized spacial score (nSPS) is 17.1. The Hall–Kier alpha value is 0.110. The predicted octanol–water partition coefficient (Wildman–Crippen LogP) is 8.31. The molecule has 1 rings (SSSR count). The molecule has 0 heterocycles. The summed E-state index contributed by atoms with van der Waals surface area (Å²) in [6.45, 7) is 4.63. The zero-order valence-electron chi connectivity index (χ0n) is 19.4. The Morgan fingerprint density at radius 1 is 0.724 bits per heavy atom. The average Bonchev–Trinajstić information content (AvgIpc) is 2.64. The maximum Gasteiger partial charge on any atom is 0.470 e. The second kappa shape index (κ2) is 15.8. The maximum absolute atomic E-state index is 11.3. The van der Waals surface area contributed by atoms with Gasteiger partial charge in [-0.25, -0.2) is 4.57 Å². The topological polar surface area (TPSA) is 66.8 Å². The van der Waals surface area contributed by atoms with Gasteiger partial charge in [0.2, 0.25) is 0 Å². The molecule has 0 aromatic heterocycles. The first-order chi connectivity index (χ1) is 13.8. The number of hydrogen-bond acceptors (Lipinski definition) is 2. The number of rotatable bonds is 18. The van der Waals surface area contributed by atoms with Crippen molar-refractivity contribution in [1.29, 1.82) is 0 Å². The van der Waals surface area contributed by atoms with Crippen LogP contribution in [0.5, 0.6) is 0 Å². The van der Waals surface area contributed by atoms with Gasteiger partial charge in [0.1, 0.15) is 0 Å². The lowest BCUT2D eigenvalue weighted by molar-refractivity contribution is -0.00591. The molecular formula is C24H49O4P. The molecule has 0 atom stereocenters. The Balaban J connectivity index is 1.93. The van der Waals surface area contributed by atoms with E-state index in [1.165, 1.54) is 77.0 Å². The number of unbranched alkanes of at least 4 members (excludes halogenated alkanes) is 12. The van der Waals surface area contributed by atoms with Crippen LogP contribution in [0.25, 0.3) is 0 Å². The summed E-state index contributed by atoms with van der Waals surface area (Å²) in [5.74, 6) is 0.858. The highest BCUT2D eigenvalue weighted by Crippen LogP contribution is 2.48. The standard InChI is InChI=1S/C24H49O4P/c1-23(2)19-15-12-10-8-6-4-3-5-7-9-11-13-16-20-24(28-29(25,26)27)21-17-14-18-22-24/h23H,3-22H2,1-2H3,(H2,25,26,27). The summed E-state index contributed by atoms with van der Waals surface area (Å²) < 4.78 is 16.6. The van der Waals surface area contributed by atoms with E-state index in [1.54, 1.807) is 0 Å². The van der Waals surface area contributed by atoms with Crippen LogP contribution >= 0.6 is 7.82 Å². The van der Waals surface area contributed by atoms with Crippen LogP contribution in [0.2, 0.25) is 0 Å². The monoisotopic (exact) mass is 432 g/mol. The van der Waals surface area contributed by atoms with Gasteiger partial charge in [-0.3, -0.25) is 4.52 Å². The highest BCUT2D eigenvalue weighted by Gasteiger charge is 2.38. The van der Waals surface area contributed by atoms with E-state index < -0.39 is 13.4 Å². The van der Waals surface area contributed by atoms with Crippen LogP contribution in [0.1, 0.15) is 142 Å². The molecule has 1 aliphatic carbocycles. The van der Waals surface area contributed by atoms with E-state index in [-0.39, 0.29) is 0 Å². The van der Waals surface area contributed by atoms with E-state index >= 15 is 0 Å². The van der Waals surface area contributed by atoms with Gasteiger partial charge in [0.15, 0.2) is 0 Å². The summed E-state index contributed by atoms with van der Waals surface area (Å²) in [5, 5.41) is 0. The van der Waals surface area contributed by atoms with E-state index in [0.29, 0.717) is 0 Å². The molecule has 2 N–H and O–H groups in total. The Morgan fingerprint density at radius 3 is 1.55 bits per heavy atom. The first-order valence-electron chi connectivity index (χ1n) is 12.6. The van der Waals surface area contributed by atoms with Crippen LogP contribution < -0.4 is 0 Å². The van der Waals surface area contributed by atoms with E-state index in [9.17, 15) is 14.4 Å². The van der Waals surface area contributed by atoms with E-state index in [0.717, 1.165) is 57.3 Å². The smallest absolute Gasteiger partial charge is 0.303 e. The molecule has 1 aliphatic rings. The Bertz CT molecular complexity index is 427. The fraction of sp³-hybridized carbons (Fsp3) is 1.00. The van der Waals surface area contributed by atoms with Crippen molar-refractivity contribution in [2.75, 3.05) is 0 Å². The van der Waals surface area contributed by atoms with E-state index in [4.69, 9.17) is 4.52 Å². The van der Waals surface area contributed by atoms with Crippen molar-refractivity contribution >= 4 is 7.82 Å². The third kappa shape index (κ3) is 15.5. The molecule has 0 amide bonds. The third-order valence-corrected chi connectivity index (χ3v) is 7.12. The minimum atomic E-state index is -4.39. The number of hydrogen-bond donors (Lipinski definition) is 2. The fourth-order valence-electron chi connectivity index (χ4n) is 4.78. The van der Waals surface area contributed by atoms with Gasteiger partial charge >= 0.3 is 7.82 Å². The second-order valence-electron chi connectivity index (χ2n) is 9.85. The molecule has 0 spiro atoms. The lowest BCUT2D eigenvalue weighted by atomic mass is 9.81. The Kier molecular flexibility index (Phi) is 14.8. The van der Waals surface area contributed by atoms with Crippen molar-refractivity contribution < 1.29 is 18.9 Å². The highest BCUT2D eigenvalue weighted by molar-refractivity contribution is 7.46. The molecule has 4 nitrogen and oxygen atoms in total. The molecule has 0 aromatic carbocycles. The summed E-state index contributed by atoms with van der Waals surface area (Å²) in [6, 6.07) is 0. The zero-order valence-corrected chi connectivity index (χ0v) is 20.3. The summed E-state index contributed by atoms with van der Waals surface area (Å²) >= 11 is 0. The van der Waals surface area contributed by atoms with Crippen LogP contribution in [0.4, 0.5) is 0 Å². The highest BCUT2D eigenvalue weighted by atomic mass is 31.2. The van der Waals surface area contributed by atoms with Crippen molar-refractivity contribution in [1.82, 2.24) is 0 Å². The van der Waals surface area contributed by atoms with Gasteiger partial charge < -0.3 is 9.79 Å². The minimum absolute atomic E-state index is 0.563. The van der Waals surface area contributed by atoms with Gasteiger partial charge in [-0.05, 0) is 25.2 Å². The molecule has 0 radical (unpaired) electrons. The molecule has 0 aliphatic heterocycles. The van der Waals surface area contributed by atoms with Crippen molar-refractivity contribution in [2.24, 2.45) is 5.92 Å². The van der Waals surface area contributed by atoms with Gasteiger partial charge in [-0.1, -0.05) is 123 Å². The van der Waals surface area contributed by atoms with Crippen molar-refractivity contribution in [3.63, 3.8) is 0 Å². The summed E-state index contributed by atoms with van der Waals surface area (Å²) in [6.07, 6.45) is 24.2. The summed E-state index contributed by atoms with van der Waals surface area (Å²) in [4.78, 5) is 18.5. The van der Waals surface area contributed by atoms with E-state index in [1.807, 2.05) is 0 Å².